The first-order valence-corrected chi connectivity index (χ1v) is 8.41. The molecule has 0 bridgehead atoms. The highest BCUT2D eigenvalue weighted by atomic mass is 16.4. The average Bonchev–Trinajstić information content (AvgIpc) is 2.49. The van der Waals surface area contributed by atoms with Gasteiger partial charge >= 0.3 is 5.97 Å². The maximum absolute atomic E-state index is 12.4. The predicted octanol–water partition coefficient (Wildman–Crippen LogP) is -0.191. The minimum Gasteiger partial charge on any atom is -0.480 e. The molecule has 0 aliphatic rings. The van der Waals surface area contributed by atoms with Crippen LogP contribution in [0.15, 0.2) is 0 Å². The third kappa shape index (κ3) is 7.74. The molecule has 0 aromatic heterocycles. The molecule has 0 saturated heterocycles. The van der Waals surface area contributed by atoms with Gasteiger partial charge in [0.05, 0.1) is 6.04 Å². The molecule has 0 radical (unpaired) electrons. The first-order valence-electron chi connectivity index (χ1n) is 8.41. The second kappa shape index (κ2) is 11.0. The molecule has 2 amide bonds. The second-order valence-electron chi connectivity index (χ2n) is 6.68. The molecule has 8 nitrogen and oxygen atoms in total. The van der Waals surface area contributed by atoms with Gasteiger partial charge in [0.25, 0.3) is 0 Å². The molecule has 0 spiro atoms. The number of unbranched alkanes of at least 4 members (excludes halogenated alkanes) is 1. The Labute approximate surface area is 143 Å². The van der Waals surface area contributed by atoms with Crippen molar-refractivity contribution in [3.63, 3.8) is 0 Å². The zero-order valence-electron chi connectivity index (χ0n) is 15.0. The Kier molecular flexibility index (Phi) is 10.2. The van der Waals surface area contributed by atoms with Gasteiger partial charge in [0.15, 0.2) is 0 Å². The molecular formula is C16H32N4O4. The summed E-state index contributed by atoms with van der Waals surface area (Å²) in [5.41, 5.74) is 11.3. The number of hydrogen-bond donors (Lipinski definition) is 5. The summed E-state index contributed by atoms with van der Waals surface area (Å²) in [6, 6.07) is -2.56. The quantitative estimate of drug-likeness (QED) is 0.328. The number of aliphatic carboxylic acids is 1. The first-order chi connectivity index (χ1) is 11.1. The van der Waals surface area contributed by atoms with Gasteiger partial charge in [-0.2, -0.15) is 0 Å². The Hall–Kier alpha value is -1.67. The topological polar surface area (TPSA) is 148 Å². The van der Waals surface area contributed by atoms with Crippen molar-refractivity contribution < 1.29 is 19.5 Å². The van der Waals surface area contributed by atoms with Gasteiger partial charge in [0.1, 0.15) is 12.1 Å². The predicted molar refractivity (Wildman–Crippen MR) is 92.1 cm³/mol. The summed E-state index contributed by atoms with van der Waals surface area (Å²) in [7, 11) is 0. The van der Waals surface area contributed by atoms with Gasteiger partial charge in [0, 0.05) is 0 Å². The number of rotatable bonds is 11. The normalized spacial score (nSPS) is 15.0. The zero-order valence-corrected chi connectivity index (χ0v) is 15.0. The van der Waals surface area contributed by atoms with Crippen LogP contribution in [0.5, 0.6) is 0 Å². The lowest BCUT2D eigenvalue weighted by molar-refractivity contribution is -0.143. The van der Waals surface area contributed by atoms with Crippen molar-refractivity contribution in [3.8, 4) is 0 Å². The van der Waals surface area contributed by atoms with E-state index in [4.69, 9.17) is 11.5 Å². The average molecular weight is 344 g/mol. The highest BCUT2D eigenvalue weighted by Crippen LogP contribution is 2.07. The lowest BCUT2D eigenvalue weighted by atomic mass is 10.0. The van der Waals surface area contributed by atoms with Crippen molar-refractivity contribution in [1.29, 1.82) is 0 Å². The van der Waals surface area contributed by atoms with Crippen LogP contribution in [0.25, 0.3) is 0 Å². The maximum Gasteiger partial charge on any atom is 0.326 e. The summed E-state index contributed by atoms with van der Waals surface area (Å²) in [5.74, 6) is -2.39. The first kappa shape index (κ1) is 22.3. The van der Waals surface area contributed by atoms with Crippen molar-refractivity contribution in [2.75, 3.05) is 6.54 Å². The Balaban J connectivity index is 5.00. The van der Waals surface area contributed by atoms with E-state index in [0.717, 1.165) is 0 Å². The molecule has 0 saturated carbocycles. The van der Waals surface area contributed by atoms with E-state index < -0.39 is 35.9 Å². The van der Waals surface area contributed by atoms with Crippen molar-refractivity contribution in [2.24, 2.45) is 23.3 Å². The fraction of sp³-hybridized carbons (Fsp3) is 0.812. The van der Waals surface area contributed by atoms with Gasteiger partial charge in [0.2, 0.25) is 11.8 Å². The van der Waals surface area contributed by atoms with Crippen LogP contribution in [0.4, 0.5) is 0 Å². The van der Waals surface area contributed by atoms with E-state index in [1.807, 2.05) is 13.8 Å². The lowest BCUT2D eigenvalue weighted by Gasteiger charge is -2.25. The highest BCUT2D eigenvalue weighted by Gasteiger charge is 2.29. The Morgan fingerprint density at radius 3 is 1.96 bits per heavy atom. The van der Waals surface area contributed by atoms with Crippen LogP contribution >= 0.6 is 0 Å². The summed E-state index contributed by atoms with van der Waals surface area (Å²) in [6.45, 7) is 7.52. The molecule has 7 N–H and O–H groups in total. The van der Waals surface area contributed by atoms with Gasteiger partial charge in [-0.25, -0.2) is 4.79 Å². The number of carbonyl (C=O) groups is 3. The Morgan fingerprint density at radius 1 is 0.958 bits per heavy atom. The number of carboxylic acid groups (broad SMARTS) is 1. The second-order valence-corrected chi connectivity index (χ2v) is 6.68. The summed E-state index contributed by atoms with van der Waals surface area (Å²) in [4.78, 5) is 35.8. The van der Waals surface area contributed by atoms with Crippen molar-refractivity contribution in [2.45, 2.75) is 65.1 Å². The number of hydrogen-bond acceptors (Lipinski definition) is 5. The van der Waals surface area contributed by atoms with Crippen molar-refractivity contribution in [3.05, 3.63) is 0 Å². The van der Waals surface area contributed by atoms with Crippen LogP contribution < -0.4 is 22.1 Å². The fourth-order valence-corrected chi connectivity index (χ4v) is 2.10. The van der Waals surface area contributed by atoms with Crippen LogP contribution in [0, 0.1) is 11.8 Å². The summed E-state index contributed by atoms with van der Waals surface area (Å²) >= 11 is 0. The SMILES string of the molecule is CC(C)C(N)C(=O)NC(CCCCN)C(=O)NC(C(=O)O)C(C)C. The van der Waals surface area contributed by atoms with Crippen LogP contribution in [-0.4, -0.2) is 47.6 Å². The van der Waals surface area contributed by atoms with Gasteiger partial charge in [-0.05, 0) is 37.6 Å². The van der Waals surface area contributed by atoms with E-state index in [2.05, 4.69) is 10.6 Å². The third-order valence-electron chi connectivity index (χ3n) is 3.83. The molecule has 0 aliphatic heterocycles. The number of amides is 2. The van der Waals surface area contributed by atoms with Crippen LogP contribution in [0.3, 0.4) is 0 Å². The summed E-state index contributed by atoms with van der Waals surface area (Å²) < 4.78 is 0. The summed E-state index contributed by atoms with van der Waals surface area (Å²) in [5, 5.41) is 14.3. The molecule has 8 heteroatoms. The molecule has 140 valence electrons. The van der Waals surface area contributed by atoms with Crippen molar-refractivity contribution in [1.82, 2.24) is 10.6 Å². The van der Waals surface area contributed by atoms with E-state index in [0.29, 0.717) is 25.8 Å². The van der Waals surface area contributed by atoms with E-state index in [1.165, 1.54) is 0 Å². The zero-order chi connectivity index (χ0) is 18.9. The smallest absolute Gasteiger partial charge is 0.326 e. The molecule has 24 heavy (non-hydrogen) atoms. The summed E-state index contributed by atoms with van der Waals surface area (Å²) in [6.07, 6.45) is 1.73. The van der Waals surface area contributed by atoms with Gasteiger partial charge in [-0.15, -0.1) is 0 Å². The van der Waals surface area contributed by atoms with Gasteiger partial charge in [-0.3, -0.25) is 9.59 Å². The molecule has 0 aromatic rings. The van der Waals surface area contributed by atoms with Crippen molar-refractivity contribution >= 4 is 17.8 Å². The fourth-order valence-electron chi connectivity index (χ4n) is 2.10. The number of nitrogens with one attached hydrogen (secondary N) is 2. The monoisotopic (exact) mass is 344 g/mol. The molecule has 0 aliphatic carbocycles. The molecule has 0 heterocycles. The minimum atomic E-state index is -1.11. The van der Waals surface area contributed by atoms with E-state index in [-0.39, 0.29) is 11.8 Å². The molecule has 3 unspecified atom stereocenters. The number of carboxylic acids is 1. The van der Waals surface area contributed by atoms with E-state index >= 15 is 0 Å². The van der Waals surface area contributed by atoms with E-state index in [1.54, 1.807) is 13.8 Å². The number of carbonyl (C=O) groups excluding carboxylic acids is 2. The number of nitrogens with two attached hydrogens (primary N) is 2. The largest absolute Gasteiger partial charge is 0.480 e. The van der Waals surface area contributed by atoms with Crippen LogP contribution in [0.1, 0.15) is 47.0 Å². The van der Waals surface area contributed by atoms with Crippen LogP contribution in [-0.2, 0) is 14.4 Å². The minimum absolute atomic E-state index is 0.0693. The molecule has 3 atom stereocenters. The maximum atomic E-state index is 12.4. The van der Waals surface area contributed by atoms with Crippen LogP contribution in [0.2, 0.25) is 0 Å². The Bertz CT molecular complexity index is 426. The highest BCUT2D eigenvalue weighted by molar-refractivity contribution is 5.91. The molecule has 0 rings (SSSR count). The molecular weight excluding hydrogens is 312 g/mol. The molecule has 0 aromatic carbocycles. The van der Waals surface area contributed by atoms with E-state index in [9.17, 15) is 19.5 Å². The third-order valence-corrected chi connectivity index (χ3v) is 3.83. The molecule has 0 fully saturated rings. The van der Waals surface area contributed by atoms with Gasteiger partial charge in [-0.1, -0.05) is 27.7 Å². The lowest BCUT2D eigenvalue weighted by Crippen LogP contribution is -2.56. The van der Waals surface area contributed by atoms with Gasteiger partial charge < -0.3 is 27.2 Å². The standard InChI is InChI=1S/C16H32N4O4/c1-9(2)12(18)15(22)19-11(7-5-6-8-17)14(21)20-13(10(3)4)16(23)24/h9-13H,5-8,17-18H2,1-4H3,(H,19,22)(H,20,21)(H,23,24). The Morgan fingerprint density at radius 2 is 1.54 bits per heavy atom.